The van der Waals surface area contributed by atoms with E-state index in [2.05, 4.69) is 20.2 Å². The van der Waals surface area contributed by atoms with E-state index < -0.39 is 11.4 Å². The standard InChI is InChI=1S/C15H8FN5O2/c16-11-1-2-12-10(7-11)8-18-21(14(12)22)15-19-13(20-23-15)9-3-5-17-6-4-9/h1-8H. The second-order valence-electron chi connectivity index (χ2n) is 4.73. The first-order valence-corrected chi connectivity index (χ1v) is 6.64. The Balaban J connectivity index is 1.84. The monoisotopic (exact) mass is 309 g/mol. The van der Waals surface area contributed by atoms with Crippen molar-refractivity contribution in [3.63, 3.8) is 0 Å². The van der Waals surface area contributed by atoms with Gasteiger partial charge in [0.05, 0.1) is 11.6 Å². The molecule has 0 aliphatic carbocycles. The minimum absolute atomic E-state index is 0.0620. The Labute approximate surface area is 128 Å². The highest BCUT2D eigenvalue weighted by molar-refractivity contribution is 5.80. The molecular formula is C15H8FN5O2. The molecule has 0 amide bonds. The molecule has 0 spiro atoms. The van der Waals surface area contributed by atoms with Crippen LogP contribution in [0.5, 0.6) is 0 Å². The lowest BCUT2D eigenvalue weighted by molar-refractivity contribution is 0.392. The molecule has 8 heteroatoms. The largest absolute Gasteiger partial charge is 0.352 e. The first-order valence-electron chi connectivity index (χ1n) is 6.64. The molecule has 3 aromatic heterocycles. The van der Waals surface area contributed by atoms with E-state index in [-0.39, 0.29) is 6.01 Å². The number of benzene rings is 1. The van der Waals surface area contributed by atoms with E-state index >= 15 is 0 Å². The van der Waals surface area contributed by atoms with Crippen LogP contribution in [0.2, 0.25) is 0 Å². The highest BCUT2D eigenvalue weighted by atomic mass is 19.1. The van der Waals surface area contributed by atoms with Crippen molar-refractivity contribution < 1.29 is 8.91 Å². The maximum Gasteiger partial charge on any atom is 0.352 e. The molecule has 1 aromatic carbocycles. The summed E-state index contributed by atoms with van der Waals surface area (Å²) in [4.78, 5) is 20.5. The number of halogens is 1. The summed E-state index contributed by atoms with van der Waals surface area (Å²) >= 11 is 0. The summed E-state index contributed by atoms with van der Waals surface area (Å²) < 4.78 is 19.3. The maximum absolute atomic E-state index is 13.2. The van der Waals surface area contributed by atoms with Crippen molar-refractivity contribution in [3.05, 3.63) is 65.1 Å². The molecule has 0 saturated heterocycles. The van der Waals surface area contributed by atoms with Gasteiger partial charge in [-0.3, -0.25) is 9.78 Å². The number of fused-ring (bicyclic) bond motifs is 1. The number of hydrogen-bond acceptors (Lipinski definition) is 6. The molecule has 0 aliphatic rings. The second-order valence-corrected chi connectivity index (χ2v) is 4.73. The van der Waals surface area contributed by atoms with Crippen molar-refractivity contribution >= 4 is 10.8 Å². The Bertz CT molecular complexity index is 1060. The van der Waals surface area contributed by atoms with Crippen molar-refractivity contribution in [1.82, 2.24) is 24.9 Å². The predicted octanol–water partition coefficient (Wildman–Crippen LogP) is 1.97. The molecule has 0 fully saturated rings. The van der Waals surface area contributed by atoms with Gasteiger partial charge >= 0.3 is 6.01 Å². The van der Waals surface area contributed by atoms with Crippen LogP contribution in [0.25, 0.3) is 28.2 Å². The molecule has 4 aromatic rings. The third-order valence-electron chi connectivity index (χ3n) is 3.28. The fraction of sp³-hybridized carbons (Fsp3) is 0. The van der Waals surface area contributed by atoms with Gasteiger partial charge < -0.3 is 4.52 Å². The SMILES string of the molecule is O=c1c2ccc(F)cc2cnn1-c1nc(-c2ccncc2)no1. The van der Waals surface area contributed by atoms with E-state index in [1.807, 2.05) is 0 Å². The molecule has 0 atom stereocenters. The maximum atomic E-state index is 13.2. The Morgan fingerprint density at radius 1 is 1.13 bits per heavy atom. The zero-order valence-corrected chi connectivity index (χ0v) is 11.5. The lowest BCUT2D eigenvalue weighted by atomic mass is 10.2. The molecule has 3 heterocycles. The molecule has 23 heavy (non-hydrogen) atoms. The minimum Gasteiger partial charge on any atom is -0.312 e. The van der Waals surface area contributed by atoms with E-state index in [4.69, 9.17) is 4.52 Å². The van der Waals surface area contributed by atoms with Gasteiger partial charge in [-0.1, -0.05) is 5.16 Å². The Morgan fingerprint density at radius 2 is 1.96 bits per heavy atom. The first kappa shape index (κ1) is 13.3. The van der Waals surface area contributed by atoms with Gasteiger partial charge in [0.1, 0.15) is 5.82 Å². The number of hydrogen-bond donors (Lipinski definition) is 0. The number of pyridine rings is 1. The fourth-order valence-corrected chi connectivity index (χ4v) is 2.18. The summed E-state index contributed by atoms with van der Waals surface area (Å²) in [5.41, 5.74) is 0.235. The van der Waals surface area contributed by atoms with Crippen molar-refractivity contribution in [2.45, 2.75) is 0 Å². The average molecular weight is 309 g/mol. The highest BCUT2D eigenvalue weighted by Gasteiger charge is 2.14. The van der Waals surface area contributed by atoms with E-state index in [9.17, 15) is 9.18 Å². The smallest absolute Gasteiger partial charge is 0.312 e. The van der Waals surface area contributed by atoms with Crippen LogP contribution < -0.4 is 5.56 Å². The van der Waals surface area contributed by atoms with Crippen LogP contribution in [0.4, 0.5) is 4.39 Å². The van der Waals surface area contributed by atoms with E-state index in [0.29, 0.717) is 22.2 Å². The van der Waals surface area contributed by atoms with Gasteiger partial charge in [-0.15, -0.1) is 4.68 Å². The number of aromatic nitrogens is 5. The van der Waals surface area contributed by atoms with E-state index in [1.165, 1.54) is 24.4 Å². The van der Waals surface area contributed by atoms with Crippen LogP contribution in [-0.2, 0) is 0 Å². The van der Waals surface area contributed by atoms with Crippen LogP contribution in [0.3, 0.4) is 0 Å². The second kappa shape index (κ2) is 5.09. The van der Waals surface area contributed by atoms with Crippen LogP contribution in [-0.4, -0.2) is 24.9 Å². The lowest BCUT2D eigenvalue weighted by Crippen LogP contribution is -2.21. The zero-order valence-electron chi connectivity index (χ0n) is 11.5. The fourth-order valence-electron chi connectivity index (χ4n) is 2.18. The van der Waals surface area contributed by atoms with Crippen LogP contribution in [0.15, 0.2) is 58.2 Å². The summed E-state index contributed by atoms with van der Waals surface area (Å²) in [5.74, 6) is -0.121. The van der Waals surface area contributed by atoms with Gasteiger partial charge in [0.15, 0.2) is 0 Å². The van der Waals surface area contributed by atoms with Gasteiger partial charge in [0, 0.05) is 23.3 Å². The van der Waals surface area contributed by atoms with Gasteiger partial charge in [-0.25, -0.2) is 4.39 Å². The van der Waals surface area contributed by atoms with Crippen molar-refractivity contribution in [1.29, 1.82) is 0 Å². The third-order valence-corrected chi connectivity index (χ3v) is 3.28. The zero-order chi connectivity index (χ0) is 15.8. The normalized spacial score (nSPS) is 11.0. The molecule has 0 N–H and O–H groups in total. The van der Waals surface area contributed by atoms with Crippen LogP contribution in [0.1, 0.15) is 0 Å². The topological polar surface area (TPSA) is 86.7 Å². The first-order chi connectivity index (χ1) is 11.2. The summed E-state index contributed by atoms with van der Waals surface area (Å²) in [6, 6.07) is 7.22. The Hall–Kier alpha value is -3.42. The van der Waals surface area contributed by atoms with E-state index in [1.54, 1.807) is 24.5 Å². The summed E-state index contributed by atoms with van der Waals surface area (Å²) in [7, 11) is 0. The Morgan fingerprint density at radius 3 is 2.78 bits per heavy atom. The molecule has 7 nitrogen and oxygen atoms in total. The summed E-state index contributed by atoms with van der Waals surface area (Å²) in [6.07, 6.45) is 4.57. The molecule has 0 saturated carbocycles. The van der Waals surface area contributed by atoms with Gasteiger partial charge in [0.2, 0.25) is 5.82 Å². The van der Waals surface area contributed by atoms with Gasteiger partial charge in [-0.05, 0) is 30.3 Å². The molecule has 4 rings (SSSR count). The van der Waals surface area contributed by atoms with E-state index in [0.717, 1.165) is 4.68 Å². The van der Waals surface area contributed by atoms with Crippen molar-refractivity contribution in [2.75, 3.05) is 0 Å². The molecule has 0 bridgehead atoms. The summed E-state index contributed by atoms with van der Waals surface area (Å²) in [6.45, 7) is 0. The molecule has 0 unspecified atom stereocenters. The predicted molar refractivity (Wildman–Crippen MR) is 78.4 cm³/mol. The highest BCUT2D eigenvalue weighted by Crippen LogP contribution is 2.16. The quantitative estimate of drug-likeness (QED) is 0.562. The van der Waals surface area contributed by atoms with Gasteiger partial charge in [0.25, 0.3) is 5.56 Å². The third kappa shape index (κ3) is 2.26. The van der Waals surface area contributed by atoms with Crippen molar-refractivity contribution in [2.24, 2.45) is 0 Å². The summed E-state index contributed by atoms with van der Waals surface area (Å²) in [5, 5.41) is 8.49. The molecule has 0 aliphatic heterocycles. The van der Waals surface area contributed by atoms with Crippen LogP contribution in [0, 0.1) is 5.82 Å². The Kier molecular flexibility index (Phi) is 2.94. The number of nitrogens with zero attached hydrogens (tertiary/aromatic N) is 5. The number of rotatable bonds is 2. The molecule has 112 valence electrons. The minimum atomic E-state index is -0.465. The average Bonchev–Trinajstić information content (AvgIpc) is 3.05. The van der Waals surface area contributed by atoms with Gasteiger partial charge in [-0.2, -0.15) is 10.1 Å². The van der Waals surface area contributed by atoms with Crippen LogP contribution >= 0.6 is 0 Å². The van der Waals surface area contributed by atoms with Crippen molar-refractivity contribution in [3.8, 4) is 17.4 Å². The molecular weight excluding hydrogens is 301 g/mol. The lowest BCUT2D eigenvalue weighted by Gasteiger charge is -2.00. The molecule has 0 radical (unpaired) electrons.